The number of aryl methyl sites for hydroxylation is 2. The number of carbonyl (C=O) groups is 1. The fourth-order valence-corrected chi connectivity index (χ4v) is 5.09. The second kappa shape index (κ2) is 8.23. The number of benzene rings is 2. The quantitative estimate of drug-likeness (QED) is 0.522. The second-order valence-electron chi connectivity index (χ2n) is 7.15. The number of ether oxygens (including phenoxy) is 1. The third-order valence-electron chi connectivity index (χ3n) is 5.23. The summed E-state index contributed by atoms with van der Waals surface area (Å²) in [5.41, 5.74) is 3.98. The fourth-order valence-electron chi connectivity index (χ4n) is 3.46. The molecule has 3 aromatic rings. The van der Waals surface area contributed by atoms with E-state index in [1.165, 1.54) is 5.56 Å². The Morgan fingerprint density at radius 1 is 1.29 bits per heavy atom. The number of hydrogen-bond donors (Lipinski definition) is 0. The Morgan fingerprint density at radius 2 is 2.14 bits per heavy atom. The smallest absolute Gasteiger partial charge is 0.260 e. The van der Waals surface area contributed by atoms with Crippen molar-refractivity contribution in [3.63, 3.8) is 0 Å². The molecule has 146 valence electrons. The van der Waals surface area contributed by atoms with Crippen LogP contribution in [0.2, 0.25) is 0 Å². The van der Waals surface area contributed by atoms with Crippen LogP contribution in [0.4, 0.5) is 5.13 Å². The van der Waals surface area contributed by atoms with Crippen LogP contribution >= 0.6 is 23.1 Å². The van der Waals surface area contributed by atoms with E-state index in [4.69, 9.17) is 9.72 Å². The molecule has 1 aliphatic rings. The van der Waals surface area contributed by atoms with E-state index in [-0.39, 0.29) is 12.0 Å². The summed E-state index contributed by atoms with van der Waals surface area (Å²) >= 11 is 3.25. The van der Waals surface area contributed by atoms with Gasteiger partial charge in [0.25, 0.3) is 5.91 Å². The van der Waals surface area contributed by atoms with Crippen molar-refractivity contribution in [2.45, 2.75) is 37.7 Å². The molecule has 0 spiro atoms. The molecule has 1 saturated heterocycles. The first kappa shape index (κ1) is 19.4. The summed E-state index contributed by atoms with van der Waals surface area (Å²) in [6, 6.07) is 12.1. The second-order valence-corrected chi connectivity index (χ2v) is 9.01. The van der Waals surface area contributed by atoms with Crippen LogP contribution in [0.3, 0.4) is 0 Å². The predicted molar refractivity (Wildman–Crippen MR) is 118 cm³/mol. The van der Waals surface area contributed by atoms with Crippen molar-refractivity contribution in [2.24, 2.45) is 0 Å². The van der Waals surface area contributed by atoms with E-state index in [0.29, 0.717) is 12.1 Å². The molecular weight excluding hydrogens is 388 g/mol. The van der Waals surface area contributed by atoms with Gasteiger partial charge in [0.1, 0.15) is 0 Å². The Kier molecular flexibility index (Phi) is 5.71. The fraction of sp³-hybridized carbons (Fsp3) is 0.364. The van der Waals surface area contributed by atoms with Crippen molar-refractivity contribution in [1.29, 1.82) is 0 Å². The number of rotatable bonds is 5. The van der Waals surface area contributed by atoms with Crippen LogP contribution in [0.5, 0.6) is 0 Å². The molecule has 1 unspecified atom stereocenters. The molecule has 0 bridgehead atoms. The molecule has 2 heterocycles. The van der Waals surface area contributed by atoms with Crippen molar-refractivity contribution in [1.82, 2.24) is 4.98 Å². The van der Waals surface area contributed by atoms with Crippen molar-refractivity contribution in [3.8, 4) is 0 Å². The lowest BCUT2D eigenvalue weighted by Gasteiger charge is -2.23. The number of hydrogen-bond acceptors (Lipinski definition) is 5. The van der Waals surface area contributed by atoms with Crippen molar-refractivity contribution in [3.05, 3.63) is 53.1 Å². The van der Waals surface area contributed by atoms with Gasteiger partial charge in [0.05, 0.1) is 22.9 Å². The average Bonchev–Trinajstić information content (AvgIpc) is 3.36. The van der Waals surface area contributed by atoms with Gasteiger partial charge in [0, 0.05) is 17.1 Å². The van der Waals surface area contributed by atoms with Gasteiger partial charge in [-0.3, -0.25) is 9.69 Å². The Bertz CT molecular complexity index is 1010. The highest BCUT2D eigenvalue weighted by Gasteiger charge is 2.27. The molecule has 1 fully saturated rings. The third-order valence-corrected chi connectivity index (χ3v) is 7.04. The zero-order chi connectivity index (χ0) is 19.7. The molecule has 1 aliphatic heterocycles. The summed E-state index contributed by atoms with van der Waals surface area (Å²) in [5.74, 6) is -0.0108. The number of aromatic nitrogens is 1. The van der Waals surface area contributed by atoms with Gasteiger partial charge in [-0.05, 0) is 68.3 Å². The summed E-state index contributed by atoms with van der Waals surface area (Å²) in [7, 11) is 0. The molecule has 1 amide bonds. The van der Waals surface area contributed by atoms with Crippen LogP contribution in [-0.4, -0.2) is 36.4 Å². The number of thioether (sulfide) groups is 1. The van der Waals surface area contributed by atoms with Gasteiger partial charge >= 0.3 is 0 Å². The highest BCUT2D eigenvalue weighted by molar-refractivity contribution is 7.98. The van der Waals surface area contributed by atoms with E-state index in [2.05, 4.69) is 25.3 Å². The van der Waals surface area contributed by atoms with E-state index in [0.717, 1.165) is 45.3 Å². The molecular formula is C22H24N2O2S2. The maximum Gasteiger partial charge on any atom is 0.260 e. The molecule has 4 rings (SSSR count). The van der Waals surface area contributed by atoms with Crippen molar-refractivity contribution >= 4 is 44.4 Å². The predicted octanol–water partition coefficient (Wildman–Crippen LogP) is 5.46. The van der Waals surface area contributed by atoms with Gasteiger partial charge in [-0.2, -0.15) is 0 Å². The van der Waals surface area contributed by atoms with Crippen LogP contribution < -0.4 is 4.90 Å². The maximum absolute atomic E-state index is 13.5. The molecule has 2 aromatic carbocycles. The molecule has 6 heteroatoms. The molecule has 1 atom stereocenters. The van der Waals surface area contributed by atoms with E-state index in [9.17, 15) is 4.79 Å². The minimum absolute atomic E-state index is 0.0108. The van der Waals surface area contributed by atoms with Crippen LogP contribution in [0.15, 0.2) is 41.3 Å². The van der Waals surface area contributed by atoms with E-state index in [1.54, 1.807) is 23.1 Å². The normalized spacial score (nSPS) is 16.6. The Morgan fingerprint density at radius 3 is 2.86 bits per heavy atom. The first-order valence-corrected chi connectivity index (χ1v) is 11.5. The van der Waals surface area contributed by atoms with Crippen LogP contribution in [0.25, 0.3) is 10.2 Å². The first-order chi connectivity index (χ1) is 13.6. The maximum atomic E-state index is 13.5. The lowest BCUT2D eigenvalue weighted by molar-refractivity contribution is 0.0917. The standard InChI is InChI=1S/C22H24N2O2S2/c1-14-9-10-16(12-15(14)2)21(25)24(13-17-6-5-11-26-17)22-23-20-18(27-3)7-4-8-19(20)28-22/h4,7-10,12,17H,5-6,11,13H2,1-3H3. The summed E-state index contributed by atoms with van der Waals surface area (Å²) in [6.45, 7) is 5.41. The van der Waals surface area contributed by atoms with E-state index in [1.807, 2.05) is 36.1 Å². The van der Waals surface area contributed by atoms with Crippen LogP contribution in [-0.2, 0) is 4.74 Å². The molecule has 0 radical (unpaired) electrons. The minimum atomic E-state index is -0.0108. The van der Waals surface area contributed by atoms with Gasteiger partial charge in [-0.15, -0.1) is 11.8 Å². The van der Waals surface area contributed by atoms with Gasteiger partial charge in [0.15, 0.2) is 5.13 Å². The summed E-state index contributed by atoms with van der Waals surface area (Å²) < 4.78 is 6.94. The highest BCUT2D eigenvalue weighted by Crippen LogP contribution is 2.35. The first-order valence-electron chi connectivity index (χ1n) is 9.51. The summed E-state index contributed by atoms with van der Waals surface area (Å²) in [5, 5.41) is 0.746. The van der Waals surface area contributed by atoms with Crippen molar-refractivity contribution in [2.75, 3.05) is 24.3 Å². The minimum Gasteiger partial charge on any atom is -0.376 e. The topological polar surface area (TPSA) is 42.4 Å². The third kappa shape index (κ3) is 3.81. The van der Waals surface area contributed by atoms with Crippen LogP contribution in [0, 0.1) is 13.8 Å². The zero-order valence-corrected chi connectivity index (χ0v) is 18.0. The number of nitrogens with zero attached hydrogens (tertiary/aromatic N) is 2. The number of fused-ring (bicyclic) bond motifs is 1. The monoisotopic (exact) mass is 412 g/mol. The number of anilines is 1. The number of amides is 1. The van der Waals surface area contributed by atoms with Crippen LogP contribution in [0.1, 0.15) is 34.3 Å². The van der Waals surface area contributed by atoms with Gasteiger partial charge in [-0.1, -0.05) is 23.5 Å². The number of para-hydroxylation sites is 1. The number of thiazole rings is 1. The number of carbonyl (C=O) groups excluding carboxylic acids is 1. The summed E-state index contributed by atoms with van der Waals surface area (Å²) in [6.07, 6.45) is 4.16. The SMILES string of the molecule is CSc1cccc2sc(N(CC3CCCO3)C(=O)c3ccc(C)c(C)c3)nc12. The molecule has 1 aromatic heterocycles. The zero-order valence-electron chi connectivity index (χ0n) is 16.4. The molecule has 0 saturated carbocycles. The lowest BCUT2D eigenvalue weighted by atomic mass is 10.1. The molecule has 28 heavy (non-hydrogen) atoms. The summed E-state index contributed by atoms with van der Waals surface area (Å²) in [4.78, 5) is 21.3. The Hall–Kier alpha value is -1.89. The molecule has 4 nitrogen and oxygen atoms in total. The van der Waals surface area contributed by atoms with Gasteiger partial charge < -0.3 is 4.74 Å². The molecule has 0 aliphatic carbocycles. The lowest BCUT2D eigenvalue weighted by Crippen LogP contribution is -2.37. The Balaban J connectivity index is 1.74. The Labute approximate surface area is 173 Å². The van der Waals surface area contributed by atoms with E-state index >= 15 is 0 Å². The van der Waals surface area contributed by atoms with E-state index < -0.39 is 0 Å². The molecule has 0 N–H and O–H groups in total. The van der Waals surface area contributed by atoms with Gasteiger partial charge in [-0.25, -0.2) is 4.98 Å². The van der Waals surface area contributed by atoms with Crippen molar-refractivity contribution < 1.29 is 9.53 Å². The largest absolute Gasteiger partial charge is 0.376 e. The average molecular weight is 413 g/mol. The highest BCUT2D eigenvalue weighted by atomic mass is 32.2. The van der Waals surface area contributed by atoms with Gasteiger partial charge in [0.2, 0.25) is 0 Å².